The second-order valence-electron chi connectivity index (χ2n) is 7.23. The van der Waals surface area contributed by atoms with E-state index in [1.165, 1.54) is 0 Å². The molecular weight excluding hydrogens is 459 g/mol. The molecule has 0 aromatic heterocycles. The highest BCUT2D eigenvalue weighted by molar-refractivity contribution is 14.0. The van der Waals surface area contributed by atoms with Gasteiger partial charge in [0, 0.05) is 32.3 Å². The molecule has 3 N–H and O–H groups in total. The number of nitrogens with two attached hydrogens (primary N) is 1. The third kappa shape index (κ3) is 5.18. The molecule has 3 rings (SSSR count). The highest BCUT2D eigenvalue weighted by Crippen LogP contribution is 2.39. The highest BCUT2D eigenvalue weighted by atomic mass is 127. The van der Waals surface area contributed by atoms with Gasteiger partial charge in [-0.2, -0.15) is 0 Å². The van der Waals surface area contributed by atoms with Crippen molar-refractivity contribution in [3.8, 4) is 11.5 Å². The van der Waals surface area contributed by atoms with Crippen molar-refractivity contribution in [3.63, 3.8) is 0 Å². The Hall–Kier alpha value is -1.71. The first-order valence-corrected chi connectivity index (χ1v) is 9.18. The number of guanidine groups is 1. The monoisotopic (exact) mass is 488 g/mol. The van der Waals surface area contributed by atoms with E-state index in [0.29, 0.717) is 31.5 Å². The smallest absolute Gasteiger partial charge is 0.230 e. The van der Waals surface area contributed by atoms with Gasteiger partial charge in [0.05, 0.1) is 25.2 Å². The van der Waals surface area contributed by atoms with Crippen LogP contribution in [0.3, 0.4) is 0 Å². The summed E-state index contributed by atoms with van der Waals surface area (Å²) in [7, 11) is 3.59. The zero-order valence-corrected chi connectivity index (χ0v) is 18.3. The summed E-state index contributed by atoms with van der Waals surface area (Å²) < 4.78 is 11.3. The summed E-state index contributed by atoms with van der Waals surface area (Å²) in [6.07, 6.45) is 4.72. The Bertz CT molecular complexity index is 688. The second kappa shape index (κ2) is 9.48. The average molecular weight is 488 g/mol. The molecule has 150 valence electrons. The van der Waals surface area contributed by atoms with Crippen molar-refractivity contribution >= 4 is 41.5 Å². The van der Waals surface area contributed by atoms with E-state index in [0.717, 1.165) is 43.5 Å². The van der Waals surface area contributed by atoms with Gasteiger partial charge in [0.2, 0.25) is 5.91 Å². The van der Waals surface area contributed by atoms with E-state index in [9.17, 15) is 4.79 Å². The molecule has 0 atom stereocenters. The lowest BCUT2D eigenvalue weighted by atomic mass is 9.85. The fourth-order valence-corrected chi connectivity index (χ4v) is 3.63. The molecule has 0 bridgehead atoms. The van der Waals surface area contributed by atoms with Crippen LogP contribution in [0.5, 0.6) is 11.5 Å². The van der Waals surface area contributed by atoms with E-state index >= 15 is 0 Å². The number of hydrogen-bond donors (Lipinski definition) is 2. The molecule has 8 heteroatoms. The number of aliphatic imine (C=N–C) groups is 1. The van der Waals surface area contributed by atoms with Gasteiger partial charge < -0.3 is 25.4 Å². The molecule has 1 aliphatic carbocycles. The fraction of sp³-hybridized carbons (Fsp3) is 0.579. The third-order valence-corrected chi connectivity index (χ3v) is 4.99. The minimum atomic E-state index is -0.416. The quantitative estimate of drug-likeness (QED) is 0.387. The summed E-state index contributed by atoms with van der Waals surface area (Å²) in [5.41, 5.74) is 6.44. The fourth-order valence-electron chi connectivity index (χ4n) is 3.63. The number of amides is 1. The lowest BCUT2D eigenvalue weighted by molar-refractivity contribution is -0.138. The van der Waals surface area contributed by atoms with E-state index in [4.69, 9.17) is 15.2 Å². The molecule has 2 aliphatic rings. The van der Waals surface area contributed by atoms with Crippen LogP contribution < -0.4 is 20.5 Å². The summed E-state index contributed by atoms with van der Waals surface area (Å²) in [6.45, 7) is 1.70. The van der Waals surface area contributed by atoms with Crippen molar-refractivity contribution in [2.45, 2.75) is 32.1 Å². The van der Waals surface area contributed by atoms with Crippen molar-refractivity contribution in [1.29, 1.82) is 0 Å². The Morgan fingerprint density at radius 3 is 2.52 bits per heavy atom. The number of nitrogens with one attached hydrogen (secondary N) is 1. The average Bonchev–Trinajstić information content (AvgIpc) is 2.98. The molecule has 1 aromatic carbocycles. The molecule has 1 aromatic rings. The van der Waals surface area contributed by atoms with Gasteiger partial charge in [-0.05, 0) is 25.0 Å². The molecule has 0 radical (unpaired) electrons. The highest BCUT2D eigenvalue weighted by Gasteiger charge is 2.41. The largest absolute Gasteiger partial charge is 0.490 e. The molecule has 1 heterocycles. The van der Waals surface area contributed by atoms with E-state index in [-0.39, 0.29) is 29.9 Å². The van der Waals surface area contributed by atoms with E-state index in [1.54, 1.807) is 19.0 Å². The predicted octanol–water partition coefficient (Wildman–Crippen LogP) is 2.84. The first-order chi connectivity index (χ1) is 12.5. The number of ether oxygens (including phenoxy) is 2. The molecule has 0 saturated heterocycles. The number of nitrogens with zero attached hydrogens (tertiary/aromatic N) is 2. The summed E-state index contributed by atoms with van der Waals surface area (Å²) in [5, 5.41) is 3.09. The van der Waals surface area contributed by atoms with Crippen LogP contribution in [-0.4, -0.2) is 50.6 Å². The van der Waals surface area contributed by atoms with Gasteiger partial charge in [-0.3, -0.25) is 9.79 Å². The summed E-state index contributed by atoms with van der Waals surface area (Å²) in [5.74, 6) is 1.89. The molecule has 0 unspecified atom stereocenters. The lowest BCUT2D eigenvalue weighted by Gasteiger charge is -2.29. The van der Waals surface area contributed by atoms with Crippen molar-refractivity contribution in [3.05, 3.63) is 18.2 Å². The molecule has 1 amide bonds. The van der Waals surface area contributed by atoms with Crippen LogP contribution in [0.1, 0.15) is 32.1 Å². The van der Waals surface area contributed by atoms with Crippen LogP contribution in [0.15, 0.2) is 23.2 Å². The SMILES string of the molecule is CN(C)C(=O)C1(CN=C(N)Nc2ccc3c(c2)OCCCO3)CCCC1.I. The normalized spacial score (nSPS) is 18.2. The Balaban J connectivity index is 0.00000261. The molecule has 1 fully saturated rings. The van der Waals surface area contributed by atoms with Crippen LogP contribution in [0, 0.1) is 5.41 Å². The number of fused-ring (bicyclic) bond motifs is 1. The van der Waals surface area contributed by atoms with E-state index in [2.05, 4.69) is 10.3 Å². The van der Waals surface area contributed by atoms with Crippen molar-refractivity contribution in [1.82, 2.24) is 4.90 Å². The van der Waals surface area contributed by atoms with Gasteiger partial charge in [-0.25, -0.2) is 0 Å². The molecule has 7 nitrogen and oxygen atoms in total. The van der Waals surface area contributed by atoms with Gasteiger partial charge in [-0.1, -0.05) is 12.8 Å². The standard InChI is InChI=1S/C19H28N4O3.HI/c1-23(2)17(24)19(8-3-4-9-19)13-21-18(20)22-14-6-7-15-16(12-14)26-11-5-10-25-15;/h6-7,12H,3-5,8-11,13H2,1-2H3,(H3,20,21,22);1H. The maximum atomic E-state index is 12.6. The zero-order chi connectivity index (χ0) is 18.6. The van der Waals surface area contributed by atoms with Crippen LogP contribution in [0.4, 0.5) is 5.69 Å². The minimum absolute atomic E-state index is 0. The van der Waals surface area contributed by atoms with Crippen LogP contribution in [0.2, 0.25) is 0 Å². The maximum absolute atomic E-state index is 12.6. The second-order valence-corrected chi connectivity index (χ2v) is 7.23. The minimum Gasteiger partial charge on any atom is -0.490 e. The van der Waals surface area contributed by atoms with Gasteiger partial charge in [0.25, 0.3) is 0 Å². The maximum Gasteiger partial charge on any atom is 0.230 e. The number of rotatable bonds is 4. The number of carbonyl (C=O) groups is 1. The molecule has 1 saturated carbocycles. The number of carbonyl (C=O) groups excluding carboxylic acids is 1. The molecule has 0 spiro atoms. The van der Waals surface area contributed by atoms with Crippen LogP contribution >= 0.6 is 24.0 Å². The molecule has 1 aliphatic heterocycles. The third-order valence-electron chi connectivity index (χ3n) is 4.99. The number of hydrogen-bond acceptors (Lipinski definition) is 4. The van der Waals surface area contributed by atoms with Crippen LogP contribution in [0.25, 0.3) is 0 Å². The van der Waals surface area contributed by atoms with E-state index < -0.39 is 5.41 Å². The number of benzene rings is 1. The van der Waals surface area contributed by atoms with E-state index in [1.807, 2.05) is 18.2 Å². The molecule has 27 heavy (non-hydrogen) atoms. The van der Waals surface area contributed by atoms with Crippen LogP contribution in [-0.2, 0) is 4.79 Å². The summed E-state index contributed by atoms with van der Waals surface area (Å²) in [4.78, 5) is 18.7. The van der Waals surface area contributed by atoms with Crippen molar-refractivity contribution in [2.24, 2.45) is 16.1 Å². The summed E-state index contributed by atoms with van der Waals surface area (Å²) >= 11 is 0. The predicted molar refractivity (Wildman–Crippen MR) is 117 cm³/mol. The van der Waals surface area contributed by atoms with Gasteiger partial charge >= 0.3 is 0 Å². The van der Waals surface area contributed by atoms with Gasteiger partial charge in [0.15, 0.2) is 17.5 Å². The number of halogens is 1. The lowest BCUT2D eigenvalue weighted by Crippen LogP contribution is -2.41. The Labute approximate surface area is 177 Å². The van der Waals surface area contributed by atoms with Crippen molar-refractivity contribution in [2.75, 3.05) is 39.2 Å². The Kier molecular flexibility index (Phi) is 7.58. The topological polar surface area (TPSA) is 89.2 Å². The number of anilines is 1. The van der Waals surface area contributed by atoms with Gasteiger partial charge in [-0.15, -0.1) is 24.0 Å². The van der Waals surface area contributed by atoms with Gasteiger partial charge in [0.1, 0.15) is 0 Å². The summed E-state index contributed by atoms with van der Waals surface area (Å²) in [6, 6.07) is 5.61. The first kappa shape index (κ1) is 21.6. The Morgan fingerprint density at radius 2 is 1.85 bits per heavy atom. The molecular formula is C19H29IN4O3. The Morgan fingerprint density at radius 1 is 1.19 bits per heavy atom. The zero-order valence-electron chi connectivity index (χ0n) is 16.0. The van der Waals surface area contributed by atoms with Crippen molar-refractivity contribution < 1.29 is 14.3 Å². The first-order valence-electron chi connectivity index (χ1n) is 9.18.